The van der Waals surface area contributed by atoms with Crippen LogP contribution in [0.2, 0.25) is 0 Å². The Balaban J connectivity index is 1.30. The summed E-state index contributed by atoms with van der Waals surface area (Å²) in [7, 11) is 1.59. The lowest BCUT2D eigenvalue weighted by Gasteiger charge is -2.16. The molecule has 2 amide bonds. The number of hydrogen-bond acceptors (Lipinski definition) is 6. The number of fused-ring (bicyclic) bond motifs is 1. The van der Waals surface area contributed by atoms with Crippen molar-refractivity contribution in [2.75, 3.05) is 17.7 Å². The van der Waals surface area contributed by atoms with E-state index < -0.39 is 5.25 Å². The van der Waals surface area contributed by atoms with Gasteiger partial charge in [0.25, 0.3) is 5.91 Å². The summed E-state index contributed by atoms with van der Waals surface area (Å²) in [6, 6.07) is 30.1. The number of methoxy groups -OCH3 is 1. The van der Waals surface area contributed by atoms with Crippen LogP contribution in [0.1, 0.15) is 26.7 Å². The standard InChI is InChI=1S/C30H25N3O3S2/c1-19-8-17-25-26(18-19)38-30(32-25)33-29(35)27(20-6-4-3-5-7-20)37-24-15-11-22(12-16-24)31-28(34)21-9-13-23(36-2)14-10-21/h3-18,27H,1-2H3,(H,31,34)(H,32,33,35). The van der Waals surface area contributed by atoms with Crippen molar-refractivity contribution < 1.29 is 14.3 Å². The number of aryl methyl sites for hydroxylation is 1. The molecule has 38 heavy (non-hydrogen) atoms. The number of amides is 2. The molecule has 1 heterocycles. The number of hydrogen-bond donors (Lipinski definition) is 2. The van der Waals surface area contributed by atoms with Gasteiger partial charge in [-0.25, -0.2) is 4.98 Å². The molecule has 2 N–H and O–H groups in total. The Morgan fingerprint density at radius 1 is 0.895 bits per heavy atom. The first-order valence-corrected chi connectivity index (χ1v) is 13.6. The minimum absolute atomic E-state index is 0.145. The van der Waals surface area contributed by atoms with Gasteiger partial charge in [-0.3, -0.25) is 9.59 Å². The van der Waals surface area contributed by atoms with E-state index in [0.29, 0.717) is 22.1 Å². The number of ether oxygens (including phenoxy) is 1. The van der Waals surface area contributed by atoms with Crippen LogP contribution in [0.4, 0.5) is 10.8 Å². The number of carbonyl (C=O) groups is 2. The van der Waals surface area contributed by atoms with Crippen LogP contribution in [0.15, 0.2) is 102 Å². The Hall–Kier alpha value is -4.14. The molecule has 0 fully saturated rings. The van der Waals surface area contributed by atoms with Crippen LogP contribution in [0, 0.1) is 6.92 Å². The van der Waals surface area contributed by atoms with Gasteiger partial charge >= 0.3 is 0 Å². The highest BCUT2D eigenvalue weighted by Gasteiger charge is 2.23. The van der Waals surface area contributed by atoms with E-state index in [9.17, 15) is 9.59 Å². The quantitative estimate of drug-likeness (QED) is 0.202. The summed E-state index contributed by atoms with van der Waals surface area (Å²) in [6.07, 6.45) is 0. The topological polar surface area (TPSA) is 80.3 Å². The van der Waals surface area contributed by atoms with Crippen molar-refractivity contribution in [3.8, 4) is 5.75 Å². The highest BCUT2D eigenvalue weighted by Crippen LogP contribution is 2.37. The average molecular weight is 540 g/mol. The SMILES string of the molecule is COc1ccc(C(=O)Nc2ccc(SC(C(=O)Nc3nc4ccc(C)cc4s3)c3ccccc3)cc2)cc1. The van der Waals surface area contributed by atoms with E-state index >= 15 is 0 Å². The van der Waals surface area contributed by atoms with Gasteiger partial charge in [0.05, 0.1) is 17.3 Å². The molecule has 1 unspecified atom stereocenters. The summed E-state index contributed by atoms with van der Waals surface area (Å²) in [6.45, 7) is 2.04. The van der Waals surface area contributed by atoms with Crippen molar-refractivity contribution in [2.24, 2.45) is 0 Å². The molecule has 190 valence electrons. The fraction of sp³-hybridized carbons (Fsp3) is 0.100. The number of benzene rings is 4. The molecule has 1 aromatic heterocycles. The molecule has 0 aliphatic rings. The molecule has 0 bridgehead atoms. The van der Waals surface area contributed by atoms with Crippen LogP contribution in [-0.4, -0.2) is 23.9 Å². The van der Waals surface area contributed by atoms with E-state index in [1.54, 1.807) is 31.4 Å². The molecule has 6 nitrogen and oxygen atoms in total. The number of thiazole rings is 1. The number of anilines is 2. The summed E-state index contributed by atoms with van der Waals surface area (Å²) in [5.41, 5.74) is 4.12. The Kier molecular flexibility index (Phi) is 7.72. The largest absolute Gasteiger partial charge is 0.497 e. The summed E-state index contributed by atoms with van der Waals surface area (Å²) >= 11 is 2.91. The molecule has 0 saturated heterocycles. The molecule has 5 aromatic rings. The summed E-state index contributed by atoms with van der Waals surface area (Å²) in [4.78, 5) is 31.5. The van der Waals surface area contributed by atoms with Crippen molar-refractivity contribution in [1.29, 1.82) is 0 Å². The number of rotatable bonds is 8. The number of nitrogens with one attached hydrogen (secondary N) is 2. The second-order valence-corrected chi connectivity index (χ2v) is 10.8. The van der Waals surface area contributed by atoms with Crippen molar-refractivity contribution in [2.45, 2.75) is 17.1 Å². The van der Waals surface area contributed by atoms with Gasteiger partial charge in [-0.1, -0.05) is 47.7 Å². The Bertz CT molecular complexity index is 1570. The maximum absolute atomic E-state index is 13.4. The third-order valence-corrected chi connectivity index (χ3v) is 8.03. The molecule has 5 rings (SSSR count). The van der Waals surface area contributed by atoms with Crippen molar-refractivity contribution in [1.82, 2.24) is 4.98 Å². The highest BCUT2D eigenvalue weighted by atomic mass is 32.2. The lowest BCUT2D eigenvalue weighted by Crippen LogP contribution is -2.18. The molecular weight excluding hydrogens is 514 g/mol. The summed E-state index contributed by atoms with van der Waals surface area (Å²) < 4.78 is 6.18. The second kappa shape index (κ2) is 11.5. The molecule has 0 spiro atoms. The summed E-state index contributed by atoms with van der Waals surface area (Å²) in [5, 5.41) is 6.02. The maximum Gasteiger partial charge on any atom is 0.255 e. The Morgan fingerprint density at radius 3 is 2.34 bits per heavy atom. The predicted molar refractivity (Wildman–Crippen MR) is 155 cm³/mol. The molecule has 8 heteroatoms. The predicted octanol–water partition coefficient (Wildman–Crippen LogP) is 7.34. The maximum atomic E-state index is 13.4. The molecule has 4 aromatic carbocycles. The van der Waals surface area contributed by atoms with E-state index in [1.165, 1.54) is 23.1 Å². The number of aromatic nitrogens is 1. The summed E-state index contributed by atoms with van der Waals surface area (Å²) in [5.74, 6) is 0.340. The van der Waals surface area contributed by atoms with E-state index in [2.05, 4.69) is 21.7 Å². The molecule has 1 atom stereocenters. The monoisotopic (exact) mass is 539 g/mol. The number of carbonyl (C=O) groups excluding carboxylic acids is 2. The lowest BCUT2D eigenvalue weighted by atomic mass is 10.1. The van der Waals surface area contributed by atoms with E-state index in [-0.39, 0.29) is 11.8 Å². The fourth-order valence-electron chi connectivity index (χ4n) is 3.86. The van der Waals surface area contributed by atoms with E-state index in [4.69, 9.17) is 4.74 Å². The normalized spacial score (nSPS) is 11.6. The van der Waals surface area contributed by atoms with Crippen LogP contribution < -0.4 is 15.4 Å². The van der Waals surface area contributed by atoms with Crippen LogP contribution >= 0.6 is 23.1 Å². The molecule has 0 aliphatic carbocycles. The van der Waals surface area contributed by atoms with Crippen LogP contribution in [-0.2, 0) is 4.79 Å². The first-order chi connectivity index (χ1) is 18.5. The highest BCUT2D eigenvalue weighted by molar-refractivity contribution is 8.00. The van der Waals surface area contributed by atoms with Gasteiger partial charge in [0.15, 0.2) is 5.13 Å². The van der Waals surface area contributed by atoms with E-state index in [1.807, 2.05) is 73.7 Å². The van der Waals surface area contributed by atoms with Crippen LogP contribution in [0.25, 0.3) is 10.2 Å². The minimum atomic E-state index is -0.482. The molecule has 0 saturated carbocycles. The molecular formula is C30H25N3O3S2. The van der Waals surface area contributed by atoms with Crippen molar-refractivity contribution in [3.05, 3.63) is 114 Å². The van der Waals surface area contributed by atoms with E-state index in [0.717, 1.165) is 26.2 Å². The second-order valence-electron chi connectivity index (χ2n) is 8.60. The zero-order valence-corrected chi connectivity index (χ0v) is 22.4. The molecule has 0 radical (unpaired) electrons. The first kappa shape index (κ1) is 25.5. The van der Waals surface area contributed by atoms with Gasteiger partial charge in [-0.15, -0.1) is 11.8 Å². The number of nitrogens with zero attached hydrogens (tertiary/aromatic N) is 1. The fourth-order valence-corrected chi connectivity index (χ4v) is 5.85. The molecule has 0 aliphatic heterocycles. The smallest absolute Gasteiger partial charge is 0.255 e. The van der Waals surface area contributed by atoms with Gasteiger partial charge in [-0.05, 0) is 78.7 Å². The Labute approximate surface area is 229 Å². The number of thioether (sulfide) groups is 1. The van der Waals surface area contributed by atoms with Crippen LogP contribution in [0.5, 0.6) is 5.75 Å². The van der Waals surface area contributed by atoms with Gasteiger partial charge in [0.2, 0.25) is 5.91 Å². The van der Waals surface area contributed by atoms with Crippen LogP contribution in [0.3, 0.4) is 0 Å². The zero-order valence-electron chi connectivity index (χ0n) is 20.8. The average Bonchev–Trinajstić information content (AvgIpc) is 3.34. The van der Waals surface area contributed by atoms with Crippen molar-refractivity contribution >= 4 is 55.9 Å². The lowest BCUT2D eigenvalue weighted by molar-refractivity contribution is -0.115. The van der Waals surface area contributed by atoms with Gasteiger partial charge in [0.1, 0.15) is 11.0 Å². The van der Waals surface area contributed by atoms with Gasteiger partial charge < -0.3 is 15.4 Å². The first-order valence-electron chi connectivity index (χ1n) is 11.9. The zero-order chi connectivity index (χ0) is 26.5. The third-order valence-electron chi connectivity index (χ3n) is 5.83. The Morgan fingerprint density at radius 2 is 1.63 bits per heavy atom. The van der Waals surface area contributed by atoms with Gasteiger partial charge in [-0.2, -0.15) is 0 Å². The van der Waals surface area contributed by atoms with Crippen molar-refractivity contribution in [3.63, 3.8) is 0 Å². The third kappa shape index (κ3) is 6.04. The van der Waals surface area contributed by atoms with Gasteiger partial charge in [0, 0.05) is 16.1 Å². The minimum Gasteiger partial charge on any atom is -0.497 e.